The molecule has 15 heteroatoms. The Morgan fingerprint density at radius 2 is 2.00 bits per heavy atom. The lowest BCUT2D eigenvalue weighted by atomic mass is 9.96. The summed E-state index contributed by atoms with van der Waals surface area (Å²) in [6.07, 6.45) is 2.34. The van der Waals surface area contributed by atoms with Crippen molar-refractivity contribution in [2.45, 2.75) is 64.3 Å². The second-order valence-electron chi connectivity index (χ2n) is 13.2. The van der Waals surface area contributed by atoms with E-state index >= 15 is 8.78 Å². The molecule has 7 rings (SSSR count). The number of amides is 2. The highest BCUT2D eigenvalue weighted by Crippen LogP contribution is 2.51. The number of nitrogens with two attached hydrogens (primary N) is 1. The van der Waals surface area contributed by atoms with E-state index in [1.54, 1.807) is 4.90 Å². The van der Waals surface area contributed by atoms with Crippen molar-refractivity contribution in [3.63, 3.8) is 0 Å². The molecular weight excluding hydrogens is 674 g/mol. The number of likely N-dealkylation sites (N-methyl/N-ethyl adjacent to an activating group) is 1. The third kappa shape index (κ3) is 5.71. The minimum Gasteiger partial charge on any atom is -0.489 e. The van der Waals surface area contributed by atoms with Gasteiger partial charge in [0, 0.05) is 42.2 Å². The van der Waals surface area contributed by atoms with Crippen LogP contribution in [0.4, 0.5) is 24.4 Å². The van der Waals surface area contributed by atoms with E-state index in [0.717, 1.165) is 30.7 Å². The topological polar surface area (TPSA) is 133 Å². The van der Waals surface area contributed by atoms with Gasteiger partial charge >= 0.3 is 12.0 Å². The van der Waals surface area contributed by atoms with Gasteiger partial charge in [-0.1, -0.05) is 17.7 Å². The SMILES string of the molecule is CC(C)NC(=O)N1CCC(N2CCOc3c(Cl)c(-c4ccc(F)c5sc(N)c(C#N)c45)c(F)c4nc(O[C@@H](C)[C@@H]5CCCN5C)nc2c34)C1. The summed E-state index contributed by atoms with van der Waals surface area (Å²) in [4.78, 5) is 28.4. The van der Waals surface area contributed by atoms with Crippen molar-refractivity contribution >= 4 is 60.8 Å². The molecule has 49 heavy (non-hydrogen) atoms. The van der Waals surface area contributed by atoms with E-state index in [1.165, 1.54) is 12.1 Å². The highest BCUT2D eigenvalue weighted by Gasteiger charge is 2.37. The predicted octanol–water partition coefficient (Wildman–Crippen LogP) is 6.15. The molecular formula is C34H37ClF2N8O3S. The number of hydrogen-bond donors (Lipinski definition) is 2. The molecule has 3 N–H and O–H groups in total. The van der Waals surface area contributed by atoms with Gasteiger partial charge in [-0.25, -0.2) is 13.6 Å². The van der Waals surface area contributed by atoms with E-state index in [4.69, 9.17) is 31.8 Å². The smallest absolute Gasteiger partial charge is 0.319 e. The van der Waals surface area contributed by atoms with Crippen LogP contribution < -0.4 is 25.4 Å². The Kier molecular flexibility index (Phi) is 8.79. The summed E-state index contributed by atoms with van der Waals surface area (Å²) in [5.41, 5.74) is 6.17. The predicted molar refractivity (Wildman–Crippen MR) is 187 cm³/mol. The number of likely N-dealkylation sites (tertiary alicyclic amines) is 2. The van der Waals surface area contributed by atoms with E-state index in [0.29, 0.717) is 31.9 Å². The molecule has 11 nitrogen and oxygen atoms in total. The lowest BCUT2D eigenvalue weighted by molar-refractivity contribution is 0.112. The second-order valence-corrected chi connectivity index (χ2v) is 14.6. The van der Waals surface area contributed by atoms with Crippen LogP contribution >= 0.6 is 22.9 Å². The first-order chi connectivity index (χ1) is 23.5. The first-order valence-electron chi connectivity index (χ1n) is 16.4. The van der Waals surface area contributed by atoms with Gasteiger partial charge in [0.1, 0.15) is 40.9 Å². The molecule has 4 aromatic rings. The van der Waals surface area contributed by atoms with E-state index in [2.05, 4.69) is 15.2 Å². The minimum absolute atomic E-state index is 0.00512. The van der Waals surface area contributed by atoms with Crippen LogP contribution in [0.15, 0.2) is 12.1 Å². The van der Waals surface area contributed by atoms with Gasteiger partial charge in [0.2, 0.25) is 0 Å². The number of carbonyl (C=O) groups is 1. The van der Waals surface area contributed by atoms with Gasteiger partial charge in [-0.3, -0.25) is 4.90 Å². The van der Waals surface area contributed by atoms with Crippen molar-refractivity contribution in [2.75, 3.05) is 50.5 Å². The zero-order valence-corrected chi connectivity index (χ0v) is 29.2. The van der Waals surface area contributed by atoms with Gasteiger partial charge in [0.05, 0.1) is 27.2 Å². The van der Waals surface area contributed by atoms with Crippen LogP contribution in [-0.4, -0.2) is 89.9 Å². The number of nitriles is 1. The fraction of sp³-hybridized carbons (Fsp3) is 0.471. The lowest BCUT2D eigenvalue weighted by Gasteiger charge is -2.30. The maximum atomic E-state index is 17.2. The average Bonchev–Trinajstić information content (AvgIpc) is 3.77. The monoisotopic (exact) mass is 710 g/mol. The number of halogens is 3. The summed E-state index contributed by atoms with van der Waals surface area (Å²) in [5, 5.41) is 13.4. The first-order valence-corrected chi connectivity index (χ1v) is 17.6. The van der Waals surface area contributed by atoms with Crippen LogP contribution in [0.1, 0.15) is 45.6 Å². The van der Waals surface area contributed by atoms with Gasteiger partial charge < -0.3 is 30.3 Å². The number of nitrogens with zero attached hydrogens (tertiary/aromatic N) is 6. The Balaban J connectivity index is 1.42. The number of anilines is 2. The Labute approximate surface area is 291 Å². The Morgan fingerprint density at radius 3 is 2.71 bits per heavy atom. The van der Waals surface area contributed by atoms with E-state index < -0.39 is 11.6 Å². The summed E-state index contributed by atoms with van der Waals surface area (Å²) >= 11 is 7.97. The van der Waals surface area contributed by atoms with Crippen LogP contribution in [-0.2, 0) is 0 Å². The molecule has 2 saturated heterocycles. The molecule has 0 radical (unpaired) electrons. The molecule has 5 heterocycles. The van der Waals surface area contributed by atoms with Crippen molar-refractivity contribution in [1.29, 1.82) is 5.26 Å². The third-order valence-corrected chi connectivity index (χ3v) is 11.1. The molecule has 3 atom stereocenters. The zero-order chi connectivity index (χ0) is 34.7. The van der Waals surface area contributed by atoms with Crippen molar-refractivity contribution in [3.8, 4) is 29.0 Å². The molecule has 2 aromatic heterocycles. The summed E-state index contributed by atoms with van der Waals surface area (Å²) in [5.74, 6) is -0.811. The van der Waals surface area contributed by atoms with Crippen molar-refractivity contribution < 1.29 is 23.0 Å². The van der Waals surface area contributed by atoms with Gasteiger partial charge in [0.15, 0.2) is 11.6 Å². The number of rotatable bonds is 6. The number of carbonyl (C=O) groups excluding carboxylic acids is 1. The normalized spacial score (nSPS) is 20.1. The summed E-state index contributed by atoms with van der Waals surface area (Å²) in [7, 11) is 2.05. The van der Waals surface area contributed by atoms with Crippen molar-refractivity contribution in [3.05, 3.63) is 34.4 Å². The molecule has 3 aliphatic rings. The van der Waals surface area contributed by atoms with Gasteiger partial charge in [-0.05, 0) is 65.3 Å². The fourth-order valence-corrected chi connectivity index (χ4v) is 8.66. The number of aromatic nitrogens is 2. The largest absolute Gasteiger partial charge is 0.489 e. The van der Waals surface area contributed by atoms with Gasteiger partial charge in [0.25, 0.3) is 0 Å². The summed E-state index contributed by atoms with van der Waals surface area (Å²) in [6.45, 7) is 8.24. The van der Waals surface area contributed by atoms with Crippen LogP contribution in [0.25, 0.3) is 32.1 Å². The first kappa shape index (κ1) is 33.3. The maximum absolute atomic E-state index is 17.2. The average molecular weight is 711 g/mol. The fourth-order valence-electron chi connectivity index (χ4n) is 7.38. The van der Waals surface area contributed by atoms with Gasteiger partial charge in [-0.15, -0.1) is 11.3 Å². The summed E-state index contributed by atoms with van der Waals surface area (Å²) in [6, 6.07) is 4.45. The standard InChI is InChI=1S/C34H37ClF2N8O3S/c1-16(2)40-34(46)44-11-9-18(15-44)45-12-13-47-29-25-28(41-33(42-32(25)45)48-17(3)22-6-5-10-43(22)4)27(37)24(26(29)35)19-7-8-21(36)30-23(19)20(14-38)31(39)49-30/h7-8,16-18,22H,5-6,9-13,15,39H2,1-4H3,(H,40,46)/t17-,18?,22-/m0/s1. The molecule has 2 amide bonds. The molecule has 258 valence electrons. The molecule has 0 saturated carbocycles. The highest BCUT2D eigenvalue weighted by atomic mass is 35.5. The molecule has 0 bridgehead atoms. The van der Waals surface area contributed by atoms with Crippen LogP contribution in [0.3, 0.4) is 0 Å². The minimum atomic E-state index is -0.792. The molecule has 0 spiro atoms. The number of thiophene rings is 1. The molecule has 1 unspecified atom stereocenters. The van der Waals surface area contributed by atoms with E-state index in [1.807, 2.05) is 38.8 Å². The number of benzene rings is 2. The zero-order valence-electron chi connectivity index (χ0n) is 27.6. The number of fused-ring (bicyclic) bond motifs is 1. The summed E-state index contributed by atoms with van der Waals surface area (Å²) < 4.78 is 45.0. The number of ether oxygens (including phenoxy) is 2. The van der Waals surface area contributed by atoms with Crippen molar-refractivity contribution in [1.82, 2.24) is 25.1 Å². The molecule has 2 aromatic carbocycles. The van der Waals surface area contributed by atoms with Crippen LogP contribution in [0.5, 0.6) is 11.8 Å². The Morgan fingerprint density at radius 1 is 1.20 bits per heavy atom. The van der Waals surface area contributed by atoms with Gasteiger partial charge in [-0.2, -0.15) is 15.2 Å². The highest BCUT2D eigenvalue weighted by molar-refractivity contribution is 7.23. The van der Waals surface area contributed by atoms with Crippen LogP contribution in [0, 0.1) is 23.0 Å². The number of nitrogen functional groups attached to an aromatic ring is 1. The Hall–Kier alpha value is -4.19. The molecule has 2 fully saturated rings. The third-order valence-electron chi connectivity index (χ3n) is 9.71. The van der Waals surface area contributed by atoms with Crippen LogP contribution in [0.2, 0.25) is 5.02 Å². The number of nitrogens with one attached hydrogen (secondary N) is 1. The number of urea groups is 1. The molecule has 0 aliphatic carbocycles. The Bertz CT molecular complexity index is 2020. The maximum Gasteiger partial charge on any atom is 0.319 e. The van der Waals surface area contributed by atoms with E-state index in [9.17, 15) is 10.1 Å². The quantitative estimate of drug-likeness (QED) is 0.242. The van der Waals surface area contributed by atoms with Crippen molar-refractivity contribution in [2.24, 2.45) is 0 Å². The van der Waals surface area contributed by atoms with E-state index in [-0.39, 0.29) is 96.3 Å². The number of hydrogen-bond acceptors (Lipinski definition) is 10. The lowest BCUT2D eigenvalue weighted by Crippen LogP contribution is -2.45. The second kappa shape index (κ2) is 12.9. The molecule has 3 aliphatic heterocycles.